The van der Waals surface area contributed by atoms with Gasteiger partial charge in [0.1, 0.15) is 5.75 Å². The van der Waals surface area contributed by atoms with Crippen LogP contribution in [0.1, 0.15) is 37.8 Å². The van der Waals surface area contributed by atoms with E-state index in [-0.39, 0.29) is 5.91 Å². The lowest BCUT2D eigenvalue weighted by molar-refractivity contribution is -0.122. The van der Waals surface area contributed by atoms with Crippen molar-refractivity contribution in [2.75, 3.05) is 5.32 Å². The van der Waals surface area contributed by atoms with E-state index in [9.17, 15) is 4.79 Å². The fourth-order valence-corrected chi connectivity index (χ4v) is 2.14. The minimum atomic E-state index is -0.549. The summed E-state index contributed by atoms with van der Waals surface area (Å²) in [6.07, 6.45) is -0.549. The smallest absolute Gasteiger partial charge is 0.265 e. The average molecular weight is 297 g/mol. The van der Waals surface area contributed by atoms with Crippen molar-refractivity contribution in [3.05, 3.63) is 59.7 Å². The zero-order valence-corrected chi connectivity index (χ0v) is 13.6. The first-order chi connectivity index (χ1) is 10.5. The molecule has 0 bridgehead atoms. The number of carbonyl (C=O) groups is 1. The summed E-state index contributed by atoms with van der Waals surface area (Å²) in [5.74, 6) is 1.03. The van der Waals surface area contributed by atoms with Crippen molar-refractivity contribution < 1.29 is 9.53 Å². The van der Waals surface area contributed by atoms with Gasteiger partial charge >= 0.3 is 0 Å². The highest BCUT2D eigenvalue weighted by Gasteiger charge is 2.15. The zero-order chi connectivity index (χ0) is 16.1. The molecule has 0 saturated heterocycles. The number of anilines is 1. The lowest BCUT2D eigenvalue weighted by Gasteiger charge is -2.15. The molecule has 22 heavy (non-hydrogen) atoms. The minimum absolute atomic E-state index is 0.154. The van der Waals surface area contributed by atoms with Crippen molar-refractivity contribution in [1.82, 2.24) is 0 Å². The van der Waals surface area contributed by atoms with Crippen LogP contribution < -0.4 is 10.1 Å². The molecule has 2 rings (SSSR count). The second-order valence-electron chi connectivity index (χ2n) is 5.84. The van der Waals surface area contributed by atoms with E-state index >= 15 is 0 Å². The van der Waals surface area contributed by atoms with Crippen LogP contribution >= 0.6 is 0 Å². The quantitative estimate of drug-likeness (QED) is 0.881. The molecule has 3 nitrogen and oxygen atoms in total. The molecule has 1 amide bonds. The molecule has 0 aliphatic rings. The van der Waals surface area contributed by atoms with Crippen molar-refractivity contribution in [2.24, 2.45) is 0 Å². The molecule has 1 atom stereocenters. The molecule has 3 heteroatoms. The van der Waals surface area contributed by atoms with Gasteiger partial charge in [-0.3, -0.25) is 4.79 Å². The van der Waals surface area contributed by atoms with Gasteiger partial charge in [-0.2, -0.15) is 0 Å². The van der Waals surface area contributed by atoms with Gasteiger partial charge in [0.15, 0.2) is 6.10 Å². The Morgan fingerprint density at radius 1 is 1.05 bits per heavy atom. The maximum absolute atomic E-state index is 12.2. The number of nitrogens with one attached hydrogen (secondary N) is 1. The van der Waals surface area contributed by atoms with E-state index in [1.165, 1.54) is 5.56 Å². The lowest BCUT2D eigenvalue weighted by Crippen LogP contribution is -2.30. The van der Waals surface area contributed by atoms with Crippen LogP contribution in [0, 0.1) is 6.92 Å². The van der Waals surface area contributed by atoms with E-state index in [4.69, 9.17) is 4.74 Å². The number of benzene rings is 2. The topological polar surface area (TPSA) is 38.3 Å². The molecule has 0 heterocycles. The fraction of sp³-hybridized carbons (Fsp3) is 0.316. The van der Waals surface area contributed by atoms with Crippen molar-refractivity contribution in [2.45, 2.75) is 39.7 Å². The van der Waals surface area contributed by atoms with Crippen molar-refractivity contribution in [1.29, 1.82) is 0 Å². The third-order valence-corrected chi connectivity index (χ3v) is 3.52. The second-order valence-corrected chi connectivity index (χ2v) is 5.84. The van der Waals surface area contributed by atoms with Gasteiger partial charge in [-0.15, -0.1) is 0 Å². The predicted octanol–water partition coefficient (Wildman–Crippen LogP) is 4.52. The zero-order valence-electron chi connectivity index (χ0n) is 13.6. The molecule has 1 N–H and O–H groups in total. The SMILES string of the molecule is Cc1cccc(O[C@@H](C)C(=O)Nc2ccc(C(C)C)cc2)c1. The van der Waals surface area contributed by atoms with Gasteiger partial charge in [0, 0.05) is 5.69 Å². The van der Waals surface area contributed by atoms with Gasteiger partial charge in [0.2, 0.25) is 0 Å². The summed E-state index contributed by atoms with van der Waals surface area (Å²) < 4.78 is 5.68. The molecule has 0 aliphatic carbocycles. The Balaban J connectivity index is 1.96. The highest BCUT2D eigenvalue weighted by molar-refractivity contribution is 5.94. The van der Waals surface area contributed by atoms with Crippen molar-refractivity contribution in [3.8, 4) is 5.75 Å². The maximum Gasteiger partial charge on any atom is 0.265 e. The monoisotopic (exact) mass is 297 g/mol. The van der Waals surface area contributed by atoms with Gasteiger partial charge in [-0.1, -0.05) is 38.1 Å². The molecule has 0 aliphatic heterocycles. The molecule has 116 valence electrons. The van der Waals surface area contributed by atoms with Crippen molar-refractivity contribution in [3.63, 3.8) is 0 Å². The minimum Gasteiger partial charge on any atom is -0.481 e. The highest BCUT2D eigenvalue weighted by Crippen LogP contribution is 2.18. The van der Waals surface area contributed by atoms with Crippen LogP contribution in [0.15, 0.2) is 48.5 Å². The molecule has 0 unspecified atom stereocenters. The number of ether oxygens (including phenoxy) is 1. The van der Waals surface area contributed by atoms with Crippen LogP contribution in [-0.4, -0.2) is 12.0 Å². The Bertz CT molecular complexity index is 632. The summed E-state index contributed by atoms with van der Waals surface area (Å²) in [5, 5.41) is 2.88. The molecular weight excluding hydrogens is 274 g/mol. The van der Waals surface area contributed by atoms with E-state index in [2.05, 4.69) is 19.2 Å². The number of hydrogen-bond donors (Lipinski definition) is 1. The van der Waals surface area contributed by atoms with Crippen molar-refractivity contribution >= 4 is 11.6 Å². The summed E-state index contributed by atoms with van der Waals surface area (Å²) in [7, 11) is 0. The second kappa shape index (κ2) is 7.12. The van der Waals surface area contributed by atoms with E-state index in [0.29, 0.717) is 11.7 Å². The Labute approximate surface area is 132 Å². The molecule has 0 aromatic heterocycles. The highest BCUT2D eigenvalue weighted by atomic mass is 16.5. The molecule has 0 spiro atoms. The van der Waals surface area contributed by atoms with Gasteiger partial charge in [-0.25, -0.2) is 0 Å². The third-order valence-electron chi connectivity index (χ3n) is 3.52. The number of hydrogen-bond acceptors (Lipinski definition) is 2. The van der Waals surface area contributed by atoms with Crippen LogP contribution in [0.5, 0.6) is 5.75 Å². The number of rotatable bonds is 5. The van der Waals surface area contributed by atoms with E-state index in [1.807, 2.05) is 55.5 Å². The first kappa shape index (κ1) is 16.1. The summed E-state index contributed by atoms with van der Waals surface area (Å²) in [5.41, 5.74) is 3.14. The first-order valence-corrected chi connectivity index (χ1v) is 7.60. The summed E-state index contributed by atoms with van der Waals surface area (Å²) in [4.78, 5) is 12.2. The van der Waals surface area contributed by atoms with Gasteiger partial charge in [0.25, 0.3) is 5.91 Å². The van der Waals surface area contributed by atoms with E-state index in [0.717, 1.165) is 11.3 Å². The Hall–Kier alpha value is -2.29. The molecule has 0 saturated carbocycles. The molecule has 0 radical (unpaired) electrons. The lowest BCUT2D eigenvalue weighted by atomic mass is 10.0. The van der Waals surface area contributed by atoms with E-state index in [1.54, 1.807) is 6.92 Å². The van der Waals surface area contributed by atoms with E-state index < -0.39 is 6.10 Å². The first-order valence-electron chi connectivity index (χ1n) is 7.60. The Kier molecular flexibility index (Phi) is 5.21. The molecule has 2 aromatic carbocycles. The average Bonchev–Trinajstić information content (AvgIpc) is 2.47. The van der Waals surface area contributed by atoms with Crippen LogP contribution in [0.3, 0.4) is 0 Å². The van der Waals surface area contributed by atoms with Crippen LogP contribution in [0.4, 0.5) is 5.69 Å². The summed E-state index contributed by atoms with van der Waals surface area (Å²) in [6.45, 7) is 8.03. The largest absolute Gasteiger partial charge is 0.481 e. The molecule has 2 aromatic rings. The van der Waals surface area contributed by atoms with Crippen LogP contribution in [0.2, 0.25) is 0 Å². The van der Waals surface area contributed by atoms with Gasteiger partial charge in [0.05, 0.1) is 0 Å². The fourth-order valence-electron chi connectivity index (χ4n) is 2.14. The van der Waals surface area contributed by atoms with Gasteiger partial charge < -0.3 is 10.1 Å². The number of amides is 1. The number of aryl methyl sites for hydroxylation is 1. The third kappa shape index (κ3) is 4.35. The summed E-state index contributed by atoms with van der Waals surface area (Å²) >= 11 is 0. The number of carbonyl (C=O) groups excluding carboxylic acids is 1. The molecular formula is C19H23NO2. The Morgan fingerprint density at radius 2 is 1.73 bits per heavy atom. The predicted molar refractivity (Wildman–Crippen MR) is 90.4 cm³/mol. The Morgan fingerprint density at radius 3 is 2.32 bits per heavy atom. The molecule has 0 fully saturated rings. The van der Waals surface area contributed by atoms with Crippen LogP contribution in [0.25, 0.3) is 0 Å². The maximum atomic E-state index is 12.2. The summed E-state index contributed by atoms with van der Waals surface area (Å²) in [6, 6.07) is 15.6. The standard InChI is InChI=1S/C19H23NO2/c1-13(2)16-8-10-17(11-9-16)20-19(21)15(4)22-18-7-5-6-14(3)12-18/h5-13,15H,1-4H3,(H,20,21)/t15-/m0/s1. The van der Waals surface area contributed by atoms with Gasteiger partial charge in [-0.05, 0) is 55.2 Å². The van der Waals surface area contributed by atoms with Crippen LogP contribution in [-0.2, 0) is 4.79 Å². The normalized spacial score (nSPS) is 12.0.